The van der Waals surface area contributed by atoms with Gasteiger partial charge in [0.05, 0.1) is 6.10 Å². The molecular weight excluding hydrogens is 196 g/mol. The van der Waals surface area contributed by atoms with Gasteiger partial charge in [-0.05, 0) is 31.2 Å². The number of primary amides is 1. The number of carbonyl (C=O) groups is 1. The van der Waals surface area contributed by atoms with Gasteiger partial charge in [-0.3, -0.25) is 0 Å². The predicted octanol–water partition coefficient (Wildman–Crippen LogP) is 0.937. The highest BCUT2D eigenvalue weighted by atomic mass is 16.5. The van der Waals surface area contributed by atoms with Crippen LogP contribution >= 0.6 is 0 Å². The number of aliphatic hydroxyl groups excluding tert-OH is 1. The number of urea groups is 1. The molecule has 1 atom stereocenters. The lowest BCUT2D eigenvalue weighted by atomic mass is 10.3. The number of hydrogen-bond acceptors (Lipinski definition) is 3. The maximum atomic E-state index is 10.5. The van der Waals surface area contributed by atoms with Crippen molar-refractivity contribution in [3.05, 3.63) is 24.3 Å². The van der Waals surface area contributed by atoms with Gasteiger partial charge in [0, 0.05) is 5.69 Å². The topological polar surface area (TPSA) is 84.6 Å². The van der Waals surface area contributed by atoms with E-state index in [1.165, 1.54) is 0 Å². The average molecular weight is 210 g/mol. The maximum absolute atomic E-state index is 10.5. The summed E-state index contributed by atoms with van der Waals surface area (Å²) in [4.78, 5) is 10.5. The molecule has 0 bridgehead atoms. The number of rotatable bonds is 4. The molecule has 0 radical (unpaired) electrons. The third kappa shape index (κ3) is 4.33. The number of benzene rings is 1. The Hall–Kier alpha value is -1.75. The lowest BCUT2D eigenvalue weighted by Gasteiger charge is -2.08. The van der Waals surface area contributed by atoms with Crippen molar-refractivity contribution in [3.63, 3.8) is 0 Å². The number of anilines is 1. The molecule has 1 aromatic carbocycles. The van der Waals surface area contributed by atoms with Crippen molar-refractivity contribution in [1.82, 2.24) is 0 Å². The average Bonchev–Trinajstić information content (AvgIpc) is 2.16. The van der Waals surface area contributed by atoms with Crippen LogP contribution in [0.5, 0.6) is 5.75 Å². The molecule has 4 N–H and O–H groups in total. The van der Waals surface area contributed by atoms with Crippen LogP contribution in [-0.2, 0) is 0 Å². The quantitative estimate of drug-likeness (QED) is 0.691. The molecule has 0 spiro atoms. The van der Waals surface area contributed by atoms with E-state index >= 15 is 0 Å². The molecular formula is C10H14N2O3. The van der Waals surface area contributed by atoms with E-state index in [2.05, 4.69) is 5.32 Å². The first-order chi connectivity index (χ1) is 7.08. The van der Waals surface area contributed by atoms with Crippen molar-refractivity contribution in [1.29, 1.82) is 0 Å². The number of amides is 2. The van der Waals surface area contributed by atoms with Crippen LogP contribution in [0.15, 0.2) is 24.3 Å². The summed E-state index contributed by atoms with van der Waals surface area (Å²) in [5.41, 5.74) is 5.55. The monoisotopic (exact) mass is 210 g/mol. The molecule has 1 aromatic rings. The highest BCUT2D eigenvalue weighted by molar-refractivity contribution is 5.87. The van der Waals surface area contributed by atoms with Crippen molar-refractivity contribution in [3.8, 4) is 5.75 Å². The zero-order valence-electron chi connectivity index (χ0n) is 8.43. The molecule has 82 valence electrons. The van der Waals surface area contributed by atoms with Gasteiger partial charge in [0.2, 0.25) is 0 Å². The second kappa shape index (κ2) is 5.21. The zero-order valence-corrected chi connectivity index (χ0v) is 8.43. The fourth-order valence-corrected chi connectivity index (χ4v) is 0.994. The highest BCUT2D eigenvalue weighted by Gasteiger charge is 1.99. The summed E-state index contributed by atoms with van der Waals surface area (Å²) < 4.78 is 5.23. The normalized spacial score (nSPS) is 11.9. The molecule has 0 saturated heterocycles. The number of aliphatic hydroxyl groups is 1. The van der Waals surface area contributed by atoms with Gasteiger partial charge in [0.25, 0.3) is 0 Å². The van der Waals surface area contributed by atoms with E-state index in [-0.39, 0.29) is 6.61 Å². The SMILES string of the molecule is C[C@H](O)COc1ccc(NC(N)=O)cc1. The van der Waals surface area contributed by atoms with Gasteiger partial charge in [-0.15, -0.1) is 0 Å². The van der Waals surface area contributed by atoms with Crippen molar-refractivity contribution in [2.24, 2.45) is 5.73 Å². The summed E-state index contributed by atoms with van der Waals surface area (Å²) in [7, 11) is 0. The fraction of sp³-hybridized carbons (Fsp3) is 0.300. The molecule has 1 rings (SSSR count). The van der Waals surface area contributed by atoms with Crippen molar-refractivity contribution in [2.75, 3.05) is 11.9 Å². The zero-order chi connectivity index (χ0) is 11.3. The Bertz CT molecular complexity index is 322. The predicted molar refractivity (Wildman–Crippen MR) is 56.8 cm³/mol. The third-order valence-electron chi connectivity index (χ3n) is 1.61. The summed E-state index contributed by atoms with van der Waals surface area (Å²) in [5, 5.41) is 11.4. The molecule has 5 nitrogen and oxygen atoms in total. The summed E-state index contributed by atoms with van der Waals surface area (Å²) in [6, 6.07) is 6.11. The first-order valence-electron chi connectivity index (χ1n) is 4.55. The minimum absolute atomic E-state index is 0.239. The highest BCUT2D eigenvalue weighted by Crippen LogP contribution is 2.15. The molecule has 0 aliphatic carbocycles. The standard InChI is InChI=1S/C10H14N2O3/c1-7(13)6-15-9-4-2-8(3-5-9)12-10(11)14/h2-5,7,13H,6H2,1H3,(H3,11,12,14)/t7-/m0/s1. The number of nitrogens with two attached hydrogens (primary N) is 1. The van der Waals surface area contributed by atoms with Crippen LogP contribution in [0.1, 0.15) is 6.92 Å². The Morgan fingerprint density at radius 2 is 2.13 bits per heavy atom. The molecule has 0 saturated carbocycles. The van der Waals surface area contributed by atoms with Gasteiger partial charge in [-0.25, -0.2) is 4.79 Å². The van der Waals surface area contributed by atoms with Gasteiger partial charge in [0.1, 0.15) is 12.4 Å². The molecule has 0 aliphatic heterocycles. The van der Waals surface area contributed by atoms with Gasteiger partial charge >= 0.3 is 6.03 Å². The van der Waals surface area contributed by atoms with Crippen LogP contribution < -0.4 is 15.8 Å². The Morgan fingerprint density at radius 3 is 2.60 bits per heavy atom. The minimum Gasteiger partial charge on any atom is -0.491 e. The van der Waals surface area contributed by atoms with Crippen LogP contribution in [0, 0.1) is 0 Å². The van der Waals surface area contributed by atoms with E-state index in [4.69, 9.17) is 15.6 Å². The largest absolute Gasteiger partial charge is 0.491 e. The summed E-state index contributed by atoms with van der Waals surface area (Å²) in [6.45, 7) is 1.88. The van der Waals surface area contributed by atoms with Gasteiger partial charge in [0.15, 0.2) is 0 Å². The number of hydrogen-bond donors (Lipinski definition) is 3. The van der Waals surface area contributed by atoms with E-state index in [1.54, 1.807) is 31.2 Å². The second-order valence-electron chi connectivity index (χ2n) is 3.17. The Kier molecular flexibility index (Phi) is 3.93. The third-order valence-corrected chi connectivity index (χ3v) is 1.61. The first kappa shape index (κ1) is 11.3. The smallest absolute Gasteiger partial charge is 0.316 e. The van der Waals surface area contributed by atoms with Gasteiger partial charge in [-0.2, -0.15) is 0 Å². The Morgan fingerprint density at radius 1 is 1.53 bits per heavy atom. The van der Waals surface area contributed by atoms with Crippen LogP contribution in [-0.4, -0.2) is 23.8 Å². The molecule has 5 heteroatoms. The van der Waals surface area contributed by atoms with Crippen molar-refractivity contribution < 1.29 is 14.6 Å². The second-order valence-corrected chi connectivity index (χ2v) is 3.17. The molecule has 0 aromatic heterocycles. The number of carbonyl (C=O) groups excluding carboxylic acids is 1. The van der Waals surface area contributed by atoms with Crippen LogP contribution in [0.4, 0.5) is 10.5 Å². The van der Waals surface area contributed by atoms with Gasteiger partial charge in [-0.1, -0.05) is 0 Å². The maximum Gasteiger partial charge on any atom is 0.316 e. The number of nitrogens with one attached hydrogen (secondary N) is 1. The molecule has 0 aliphatic rings. The van der Waals surface area contributed by atoms with E-state index in [9.17, 15) is 4.79 Å². The Balaban J connectivity index is 2.52. The van der Waals surface area contributed by atoms with Crippen molar-refractivity contribution in [2.45, 2.75) is 13.0 Å². The lowest BCUT2D eigenvalue weighted by molar-refractivity contribution is 0.123. The lowest BCUT2D eigenvalue weighted by Crippen LogP contribution is -2.19. The Labute approximate surface area is 87.9 Å². The molecule has 0 heterocycles. The summed E-state index contributed by atoms with van der Waals surface area (Å²) in [5.74, 6) is 0.630. The van der Waals surface area contributed by atoms with Crippen LogP contribution in [0.25, 0.3) is 0 Å². The van der Waals surface area contributed by atoms with Crippen LogP contribution in [0.2, 0.25) is 0 Å². The van der Waals surface area contributed by atoms with Crippen LogP contribution in [0.3, 0.4) is 0 Å². The van der Waals surface area contributed by atoms with E-state index in [0.717, 1.165) is 0 Å². The minimum atomic E-state index is -0.604. The van der Waals surface area contributed by atoms with Gasteiger partial charge < -0.3 is 20.9 Å². The van der Waals surface area contributed by atoms with E-state index < -0.39 is 12.1 Å². The molecule has 15 heavy (non-hydrogen) atoms. The van der Waals surface area contributed by atoms with E-state index in [1.807, 2.05) is 0 Å². The number of ether oxygens (including phenoxy) is 1. The summed E-state index contributed by atoms with van der Waals surface area (Å²) >= 11 is 0. The molecule has 0 unspecified atom stereocenters. The molecule has 2 amide bonds. The molecule has 0 fully saturated rings. The van der Waals surface area contributed by atoms with Crippen molar-refractivity contribution >= 4 is 11.7 Å². The fourth-order valence-electron chi connectivity index (χ4n) is 0.994. The first-order valence-corrected chi connectivity index (χ1v) is 4.55. The van der Waals surface area contributed by atoms with E-state index in [0.29, 0.717) is 11.4 Å². The summed E-state index contributed by atoms with van der Waals surface area (Å²) in [6.07, 6.45) is -0.506.